The Morgan fingerprint density at radius 2 is 1.48 bits per heavy atom. The second kappa shape index (κ2) is 5.93. The van der Waals surface area contributed by atoms with Gasteiger partial charge in [0.05, 0.1) is 0 Å². The zero-order chi connectivity index (χ0) is 15.5. The molecule has 4 aromatic rings. The molecule has 0 aliphatic rings. The predicted octanol–water partition coefficient (Wildman–Crippen LogP) is 3.99. The lowest BCUT2D eigenvalue weighted by Gasteiger charge is -2.14. The Kier molecular flexibility index (Phi) is 3.48. The molecule has 0 aliphatic heterocycles. The van der Waals surface area contributed by atoms with Crippen LogP contribution < -0.4 is 0 Å². The van der Waals surface area contributed by atoms with Gasteiger partial charge in [-0.3, -0.25) is 0 Å². The maximum Gasteiger partial charge on any atom is 0.162 e. The molecule has 4 nitrogen and oxygen atoms in total. The van der Waals surface area contributed by atoms with E-state index in [1.165, 1.54) is 16.3 Å². The van der Waals surface area contributed by atoms with Gasteiger partial charge in [0.15, 0.2) is 6.17 Å². The van der Waals surface area contributed by atoms with Crippen LogP contribution in [0.4, 0.5) is 0 Å². The Bertz CT molecular complexity index is 882. The van der Waals surface area contributed by atoms with Crippen molar-refractivity contribution in [1.82, 2.24) is 19.6 Å². The lowest BCUT2D eigenvalue weighted by molar-refractivity contribution is 0.433. The highest BCUT2D eigenvalue weighted by atomic mass is 15.4. The quantitative estimate of drug-likeness (QED) is 0.571. The van der Waals surface area contributed by atoms with E-state index >= 15 is 0 Å². The summed E-state index contributed by atoms with van der Waals surface area (Å²) in [5.41, 5.74) is 1.19. The Morgan fingerprint density at radius 1 is 0.783 bits per heavy atom. The molecule has 2 aromatic heterocycles. The van der Waals surface area contributed by atoms with E-state index in [1.807, 2.05) is 33.9 Å². The third-order valence-corrected chi connectivity index (χ3v) is 3.86. The highest BCUT2D eigenvalue weighted by Gasteiger charge is 2.09. The van der Waals surface area contributed by atoms with Crippen molar-refractivity contribution in [2.45, 2.75) is 6.17 Å². The van der Waals surface area contributed by atoms with E-state index in [2.05, 4.69) is 64.8 Å². The van der Waals surface area contributed by atoms with Crippen molar-refractivity contribution < 1.29 is 0 Å². The van der Waals surface area contributed by atoms with E-state index in [0.29, 0.717) is 0 Å². The first kappa shape index (κ1) is 13.5. The summed E-state index contributed by atoms with van der Waals surface area (Å²) >= 11 is 0. The highest BCUT2D eigenvalue weighted by Crippen LogP contribution is 2.21. The molecule has 0 spiro atoms. The Labute approximate surface area is 134 Å². The molecule has 0 atom stereocenters. The van der Waals surface area contributed by atoms with Crippen LogP contribution in [0.2, 0.25) is 0 Å². The first-order chi connectivity index (χ1) is 11.4. The van der Waals surface area contributed by atoms with Gasteiger partial charge in [0, 0.05) is 24.8 Å². The van der Waals surface area contributed by atoms with E-state index in [1.54, 1.807) is 12.4 Å². The Balaban J connectivity index is 1.75. The third kappa shape index (κ3) is 2.66. The van der Waals surface area contributed by atoms with Gasteiger partial charge < -0.3 is 0 Å². The van der Waals surface area contributed by atoms with Crippen LogP contribution in [0.3, 0.4) is 0 Å². The lowest BCUT2D eigenvalue weighted by atomic mass is 10.0. The van der Waals surface area contributed by atoms with Crippen LogP contribution in [0.1, 0.15) is 11.7 Å². The molecule has 0 amide bonds. The first-order valence-electron chi connectivity index (χ1n) is 7.56. The predicted molar refractivity (Wildman–Crippen MR) is 91.9 cm³/mol. The smallest absolute Gasteiger partial charge is 0.162 e. The van der Waals surface area contributed by atoms with Crippen molar-refractivity contribution in [2.24, 2.45) is 0 Å². The van der Waals surface area contributed by atoms with Crippen LogP contribution in [-0.2, 0) is 0 Å². The minimum Gasteiger partial charge on any atom is -0.244 e. The SMILES string of the molecule is C(=C\C(n1cccn1)n1cccn1)/c1cccc2ccccc12. The van der Waals surface area contributed by atoms with E-state index < -0.39 is 0 Å². The van der Waals surface area contributed by atoms with Crippen molar-refractivity contribution in [3.05, 3.63) is 91.0 Å². The van der Waals surface area contributed by atoms with Gasteiger partial charge in [-0.1, -0.05) is 48.5 Å². The summed E-state index contributed by atoms with van der Waals surface area (Å²) < 4.78 is 3.77. The number of hydrogen-bond donors (Lipinski definition) is 0. The summed E-state index contributed by atoms with van der Waals surface area (Å²) in [4.78, 5) is 0. The Hall–Kier alpha value is -3.14. The fraction of sp³-hybridized carbons (Fsp3) is 0.0526. The number of aromatic nitrogens is 4. The molecule has 2 heterocycles. The fourth-order valence-electron chi connectivity index (χ4n) is 2.76. The molecule has 0 saturated heterocycles. The number of fused-ring (bicyclic) bond motifs is 1. The molecular weight excluding hydrogens is 284 g/mol. The molecule has 0 aliphatic carbocycles. The highest BCUT2D eigenvalue weighted by molar-refractivity contribution is 5.90. The topological polar surface area (TPSA) is 35.6 Å². The third-order valence-electron chi connectivity index (χ3n) is 3.86. The molecule has 0 radical (unpaired) electrons. The van der Waals surface area contributed by atoms with Gasteiger partial charge in [-0.15, -0.1) is 0 Å². The Morgan fingerprint density at radius 3 is 2.17 bits per heavy atom. The maximum absolute atomic E-state index is 4.35. The van der Waals surface area contributed by atoms with Crippen LogP contribution in [0.25, 0.3) is 16.8 Å². The summed E-state index contributed by atoms with van der Waals surface area (Å²) in [6.07, 6.45) is 11.6. The summed E-state index contributed by atoms with van der Waals surface area (Å²) in [7, 11) is 0. The summed E-state index contributed by atoms with van der Waals surface area (Å²) in [5, 5.41) is 11.2. The summed E-state index contributed by atoms with van der Waals surface area (Å²) in [6.45, 7) is 0. The molecular formula is C19H16N4. The molecule has 23 heavy (non-hydrogen) atoms. The van der Waals surface area contributed by atoms with Crippen molar-refractivity contribution >= 4 is 16.8 Å². The largest absolute Gasteiger partial charge is 0.244 e. The molecule has 0 bridgehead atoms. The normalized spacial score (nSPS) is 11.7. The molecule has 112 valence electrons. The van der Waals surface area contributed by atoms with Crippen LogP contribution in [-0.4, -0.2) is 19.6 Å². The fourth-order valence-corrected chi connectivity index (χ4v) is 2.76. The molecule has 0 fully saturated rings. The average Bonchev–Trinajstić information content (AvgIpc) is 3.29. The number of hydrogen-bond acceptors (Lipinski definition) is 2. The molecule has 2 aromatic carbocycles. The molecule has 4 rings (SSSR count). The number of nitrogens with zero attached hydrogens (tertiary/aromatic N) is 4. The maximum atomic E-state index is 4.35. The van der Waals surface area contributed by atoms with Crippen molar-refractivity contribution in [1.29, 1.82) is 0 Å². The van der Waals surface area contributed by atoms with Gasteiger partial charge in [0.25, 0.3) is 0 Å². The molecule has 0 saturated carbocycles. The minimum absolute atomic E-state index is 0.0843. The van der Waals surface area contributed by atoms with Crippen molar-refractivity contribution in [3.63, 3.8) is 0 Å². The molecule has 0 unspecified atom stereocenters. The summed E-state index contributed by atoms with van der Waals surface area (Å²) in [6, 6.07) is 18.6. The monoisotopic (exact) mass is 300 g/mol. The number of rotatable bonds is 4. The zero-order valence-corrected chi connectivity index (χ0v) is 12.5. The van der Waals surface area contributed by atoms with Crippen LogP contribution in [0.15, 0.2) is 85.5 Å². The van der Waals surface area contributed by atoms with Gasteiger partial charge in [-0.25, -0.2) is 9.36 Å². The van der Waals surface area contributed by atoms with Crippen molar-refractivity contribution in [2.75, 3.05) is 0 Å². The second-order valence-electron chi connectivity index (χ2n) is 5.31. The molecule has 0 N–H and O–H groups in total. The van der Waals surface area contributed by atoms with Crippen molar-refractivity contribution in [3.8, 4) is 0 Å². The van der Waals surface area contributed by atoms with Crippen LogP contribution >= 0.6 is 0 Å². The van der Waals surface area contributed by atoms with Crippen LogP contribution in [0, 0.1) is 0 Å². The van der Waals surface area contributed by atoms with E-state index in [0.717, 1.165) is 0 Å². The summed E-state index contributed by atoms with van der Waals surface area (Å²) in [5.74, 6) is 0. The zero-order valence-electron chi connectivity index (χ0n) is 12.5. The van der Waals surface area contributed by atoms with Gasteiger partial charge in [0.1, 0.15) is 0 Å². The number of benzene rings is 2. The van der Waals surface area contributed by atoms with E-state index in [-0.39, 0.29) is 6.17 Å². The van der Waals surface area contributed by atoms with Gasteiger partial charge in [0.2, 0.25) is 0 Å². The van der Waals surface area contributed by atoms with E-state index in [4.69, 9.17) is 0 Å². The average molecular weight is 300 g/mol. The first-order valence-corrected chi connectivity index (χ1v) is 7.56. The van der Waals surface area contributed by atoms with Gasteiger partial charge in [-0.05, 0) is 34.5 Å². The standard InChI is InChI=1S/C19H16N4/c1-2-9-18-16(6-1)7-3-8-17(18)10-11-19(22-14-4-12-20-22)23-15-5-13-21-23/h1-15,19H/b11-10+. The molecule has 4 heteroatoms. The van der Waals surface area contributed by atoms with E-state index in [9.17, 15) is 0 Å². The van der Waals surface area contributed by atoms with Gasteiger partial charge in [-0.2, -0.15) is 10.2 Å². The minimum atomic E-state index is -0.0843. The van der Waals surface area contributed by atoms with Gasteiger partial charge >= 0.3 is 0 Å². The lowest BCUT2D eigenvalue weighted by Crippen LogP contribution is -2.16. The second-order valence-corrected chi connectivity index (χ2v) is 5.31. The number of allylic oxidation sites excluding steroid dienone is 1. The van der Waals surface area contributed by atoms with Crippen LogP contribution in [0.5, 0.6) is 0 Å².